The minimum absolute atomic E-state index is 0.274. The lowest BCUT2D eigenvalue weighted by Crippen LogP contribution is -2.35. The van der Waals surface area contributed by atoms with Crippen molar-refractivity contribution in [1.82, 2.24) is 9.62 Å². The van der Waals surface area contributed by atoms with Crippen LogP contribution in [0, 0.1) is 5.92 Å². The summed E-state index contributed by atoms with van der Waals surface area (Å²) in [4.78, 5) is 14.3. The molecule has 1 aliphatic heterocycles. The topological polar surface area (TPSA) is 75.7 Å². The summed E-state index contributed by atoms with van der Waals surface area (Å²) in [6, 6.07) is 8.40. The molecule has 0 atom stereocenters. The smallest absolute Gasteiger partial charge is 0.416 e. The first-order valence-electron chi connectivity index (χ1n) is 11.8. The number of hydrogen-bond donors (Lipinski definition) is 1. The Morgan fingerprint density at radius 3 is 2.42 bits per heavy atom. The Kier molecular flexibility index (Phi) is 7.87. The molecular formula is C25H28ClF3N2O4S. The monoisotopic (exact) mass is 544 g/mol. The Hall–Kier alpha value is -2.30. The van der Waals surface area contributed by atoms with Crippen LogP contribution in [-0.4, -0.2) is 45.2 Å². The molecule has 0 bridgehead atoms. The van der Waals surface area contributed by atoms with E-state index in [0.717, 1.165) is 62.7 Å². The Labute approximate surface area is 213 Å². The van der Waals surface area contributed by atoms with Crippen LogP contribution in [0.2, 0.25) is 5.02 Å². The number of piperidine rings is 1. The maximum Gasteiger partial charge on any atom is 0.416 e. The molecule has 196 valence electrons. The van der Waals surface area contributed by atoms with Gasteiger partial charge in [0.2, 0.25) is 10.0 Å². The number of sulfonamides is 1. The predicted octanol–water partition coefficient (Wildman–Crippen LogP) is 5.22. The molecule has 0 radical (unpaired) electrons. The van der Waals surface area contributed by atoms with E-state index in [1.807, 2.05) is 4.72 Å². The van der Waals surface area contributed by atoms with Crippen molar-refractivity contribution in [2.45, 2.75) is 44.3 Å². The average molecular weight is 545 g/mol. The summed E-state index contributed by atoms with van der Waals surface area (Å²) in [5.41, 5.74) is 0.954. The minimum atomic E-state index is -4.40. The maximum atomic E-state index is 13.0. The van der Waals surface area contributed by atoms with Crippen LogP contribution in [-0.2, 0) is 22.7 Å². The zero-order valence-corrected chi connectivity index (χ0v) is 21.3. The summed E-state index contributed by atoms with van der Waals surface area (Å²) in [6.45, 7) is 2.30. The third-order valence-corrected chi connectivity index (χ3v) is 7.44. The molecule has 2 aromatic rings. The Morgan fingerprint density at radius 1 is 1.11 bits per heavy atom. The SMILES string of the molecule is CS(=O)(=O)NC(=O)c1ccc(OCC2CCN(Cc3cc(C(F)(F)F)ccc3Cl)CC2)c(C2CC2)c1. The second-order valence-electron chi connectivity index (χ2n) is 9.56. The normalized spacial score (nSPS) is 17.7. The second kappa shape index (κ2) is 10.6. The van der Waals surface area contributed by atoms with Crippen LogP contribution in [0.1, 0.15) is 58.6 Å². The van der Waals surface area contributed by atoms with E-state index in [4.69, 9.17) is 16.3 Å². The van der Waals surface area contributed by atoms with Crippen LogP contribution in [0.4, 0.5) is 13.2 Å². The number of alkyl halides is 3. The van der Waals surface area contributed by atoms with E-state index in [9.17, 15) is 26.4 Å². The molecule has 2 fully saturated rings. The minimum Gasteiger partial charge on any atom is -0.493 e. The number of halogens is 4. The van der Waals surface area contributed by atoms with Gasteiger partial charge in [-0.15, -0.1) is 0 Å². The molecule has 1 aliphatic carbocycles. The first kappa shape index (κ1) is 26.8. The standard InChI is InChI=1S/C25H28ClF3N2O4S/c1-36(33,34)30-24(32)18-4-7-23(21(13-18)17-2-3-17)35-15-16-8-10-31(11-9-16)14-19-12-20(25(27,28)29)5-6-22(19)26/h4-7,12-13,16-17H,2-3,8-11,14-15H2,1H3,(H,30,32). The van der Waals surface area contributed by atoms with Gasteiger partial charge in [0, 0.05) is 17.1 Å². The molecule has 0 unspecified atom stereocenters. The van der Waals surface area contributed by atoms with E-state index >= 15 is 0 Å². The Bertz CT molecular complexity index is 1220. The third kappa shape index (κ3) is 7.14. The molecule has 1 saturated carbocycles. The highest BCUT2D eigenvalue weighted by atomic mass is 35.5. The van der Waals surface area contributed by atoms with Gasteiger partial charge in [0.1, 0.15) is 5.75 Å². The largest absolute Gasteiger partial charge is 0.493 e. The number of likely N-dealkylation sites (tertiary alicyclic amines) is 1. The maximum absolute atomic E-state index is 13.0. The summed E-state index contributed by atoms with van der Waals surface area (Å²) in [5.74, 6) is 0.620. The number of carbonyl (C=O) groups is 1. The second-order valence-corrected chi connectivity index (χ2v) is 11.7. The third-order valence-electron chi connectivity index (χ3n) is 6.52. The van der Waals surface area contributed by atoms with Crippen molar-refractivity contribution in [3.63, 3.8) is 0 Å². The van der Waals surface area contributed by atoms with Crippen LogP contribution in [0.3, 0.4) is 0 Å². The zero-order valence-electron chi connectivity index (χ0n) is 19.8. The molecular weight excluding hydrogens is 517 g/mol. The lowest BCUT2D eigenvalue weighted by Gasteiger charge is -2.32. The van der Waals surface area contributed by atoms with Crippen molar-refractivity contribution >= 4 is 27.5 Å². The van der Waals surface area contributed by atoms with Gasteiger partial charge in [-0.05, 0) is 98.1 Å². The molecule has 1 N–H and O–H groups in total. The van der Waals surface area contributed by atoms with Gasteiger partial charge >= 0.3 is 6.18 Å². The van der Waals surface area contributed by atoms with E-state index in [1.54, 1.807) is 18.2 Å². The first-order valence-corrected chi connectivity index (χ1v) is 14.0. The molecule has 2 aliphatic rings. The van der Waals surface area contributed by atoms with Crippen molar-refractivity contribution < 1.29 is 31.1 Å². The fraction of sp³-hybridized carbons (Fsp3) is 0.480. The number of nitrogens with zero attached hydrogens (tertiary/aromatic N) is 1. The van der Waals surface area contributed by atoms with Crippen molar-refractivity contribution in [2.24, 2.45) is 5.92 Å². The highest BCUT2D eigenvalue weighted by Gasteiger charge is 2.32. The molecule has 0 aromatic heterocycles. The summed E-state index contributed by atoms with van der Waals surface area (Å²) in [6.07, 6.45) is 0.185. The lowest BCUT2D eigenvalue weighted by atomic mass is 9.97. The van der Waals surface area contributed by atoms with Gasteiger partial charge in [0.05, 0.1) is 18.4 Å². The highest BCUT2D eigenvalue weighted by molar-refractivity contribution is 7.89. The van der Waals surface area contributed by atoms with Crippen LogP contribution in [0.15, 0.2) is 36.4 Å². The number of nitrogens with one attached hydrogen (secondary N) is 1. The van der Waals surface area contributed by atoms with Crippen LogP contribution < -0.4 is 9.46 Å². The van der Waals surface area contributed by atoms with E-state index in [2.05, 4.69) is 4.90 Å². The van der Waals surface area contributed by atoms with E-state index in [-0.39, 0.29) is 5.56 Å². The van der Waals surface area contributed by atoms with Crippen LogP contribution in [0.25, 0.3) is 0 Å². The van der Waals surface area contributed by atoms with Gasteiger partial charge in [0.15, 0.2) is 0 Å². The number of ether oxygens (including phenoxy) is 1. The quantitative estimate of drug-likeness (QED) is 0.493. The molecule has 4 rings (SSSR count). The van der Waals surface area contributed by atoms with Gasteiger partial charge in [0.25, 0.3) is 5.91 Å². The molecule has 11 heteroatoms. The zero-order chi connectivity index (χ0) is 26.1. The fourth-order valence-electron chi connectivity index (χ4n) is 4.39. The fourth-order valence-corrected chi connectivity index (χ4v) is 5.03. The molecule has 2 aromatic carbocycles. The average Bonchev–Trinajstić information content (AvgIpc) is 3.63. The van der Waals surface area contributed by atoms with E-state index in [0.29, 0.717) is 41.3 Å². The number of rotatable bonds is 8. The summed E-state index contributed by atoms with van der Waals surface area (Å²) in [7, 11) is -3.65. The van der Waals surface area contributed by atoms with Gasteiger partial charge in [-0.25, -0.2) is 13.1 Å². The van der Waals surface area contributed by atoms with Gasteiger partial charge in [-0.1, -0.05) is 11.6 Å². The van der Waals surface area contributed by atoms with Crippen molar-refractivity contribution in [3.05, 3.63) is 63.7 Å². The first-order chi connectivity index (χ1) is 16.9. The van der Waals surface area contributed by atoms with Crippen molar-refractivity contribution in [1.29, 1.82) is 0 Å². The van der Waals surface area contributed by atoms with Gasteiger partial charge in [-0.3, -0.25) is 9.69 Å². The van der Waals surface area contributed by atoms with E-state index in [1.165, 1.54) is 6.07 Å². The van der Waals surface area contributed by atoms with Crippen LogP contribution in [0.5, 0.6) is 5.75 Å². The van der Waals surface area contributed by atoms with Crippen LogP contribution >= 0.6 is 11.6 Å². The molecule has 1 saturated heterocycles. The molecule has 1 amide bonds. The van der Waals surface area contributed by atoms with Gasteiger partial charge < -0.3 is 4.74 Å². The number of amides is 1. The Morgan fingerprint density at radius 2 is 1.81 bits per heavy atom. The molecule has 6 nitrogen and oxygen atoms in total. The van der Waals surface area contributed by atoms with E-state index < -0.39 is 27.7 Å². The molecule has 0 spiro atoms. The number of benzene rings is 2. The molecule has 36 heavy (non-hydrogen) atoms. The van der Waals surface area contributed by atoms with Gasteiger partial charge in [-0.2, -0.15) is 13.2 Å². The summed E-state index contributed by atoms with van der Waals surface area (Å²) in [5, 5.41) is 0.328. The van der Waals surface area contributed by atoms with Crippen molar-refractivity contribution in [3.8, 4) is 5.75 Å². The highest BCUT2D eigenvalue weighted by Crippen LogP contribution is 2.45. The van der Waals surface area contributed by atoms with Crippen molar-refractivity contribution in [2.75, 3.05) is 26.0 Å². The lowest BCUT2D eigenvalue weighted by molar-refractivity contribution is -0.137. The predicted molar refractivity (Wildman–Crippen MR) is 131 cm³/mol. The number of hydrogen-bond acceptors (Lipinski definition) is 5. The number of carbonyl (C=O) groups excluding carboxylic acids is 1. The summed E-state index contributed by atoms with van der Waals surface area (Å²) >= 11 is 6.15. The summed E-state index contributed by atoms with van der Waals surface area (Å²) < 4.78 is 70.0. The molecule has 1 heterocycles. The Balaban J connectivity index is 1.32.